The van der Waals surface area contributed by atoms with E-state index in [9.17, 15) is 13.5 Å². The van der Waals surface area contributed by atoms with Crippen molar-refractivity contribution in [3.8, 4) is 0 Å². The molecular weight excluding hydrogens is 226 g/mol. The number of nitrogens with one attached hydrogen (secondary N) is 1. The lowest BCUT2D eigenvalue weighted by molar-refractivity contribution is -0.0307. The van der Waals surface area contributed by atoms with E-state index < -0.39 is 20.2 Å². The third-order valence-electron chi connectivity index (χ3n) is 3.22. The van der Waals surface area contributed by atoms with Crippen molar-refractivity contribution < 1.29 is 13.5 Å². The molecular formula is C11H23NO3S. The summed E-state index contributed by atoms with van der Waals surface area (Å²) in [6, 6.07) is 0. The number of rotatable bonds is 5. The van der Waals surface area contributed by atoms with Crippen LogP contribution in [0.1, 0.15) is 40.0 Å². The molecule has 0 atom stereocenters. The van der Waals surface area contributed by atoms with E-state index in [4.69, 9.17) is 0 Å². The second-order valence-corrected chi connectivity index (χ2v) is 8.55. The van der Waals surface area contributed by atoms with Gasteiger partial charge >= 0.3 is 0 Å². The van der Waals surface area contributed by atoms with Gasteiger partial charge in [0.1, 0.15) is 0 Å². The van der Waals surface area contributed by atoms with Crippen molar-refractivity contribution in [3.63, 3.8) is 0 Å². The molecule has 0 saturated heterocycles. The molecule has 16 heavy (non-hydrogen) atoms. The molecule has 0 unspecified atom stereocenters. The highest BCUT2D eigenvalue weighted by atomic mass is 32.2. The van der Waals surface area contributed by atoms with E-state index in [1.54, 1.807) is 20.8 Å². The van der Waals surface area contributed by atoms with Crippen LogP contribution in [-0.2, 0) is 9.84 Å². The van der Waals surface area contributed by atoms with Crippen LogP contribution in [0.2, 0.25) is 0 Å². The van der Waals surface area contributed by atoms with Gasteiger partial charge in [-0.15, -0.1) is 0 Å². The van der Waals surface area contributed by atoms with Crippen LogP contribution >= 0.6 is 0 Å². The van der Waals surface area contributed by atoms with Crippen LogP contribution in [0.25, 0.3) is 0 Å². The van der Waals surface area contributed by atoms with Crippen LogP contribution in [0.4, 0.5) is 0 Å². The highest BCUT2D eigenvalue weighted by Gasteiger charge is 2.34. The zero-order chi connectivity index (χ0) is 12.4. The van der Waals surface area contributed by atoms with E-state index in [1.807, 2.05) is 0 Å². The predicted octanol–water partition coefficient (Wildman–Crippen LogP) is 0.704. The van der Waals surface area contributed by atoms with Crippen LogP contribution < -0.4 is 5.32 Å². The third-order valence-corrected chi connectivity index (χ3v) is 5.83. The number of sulfone groups is 1. The molecule has 0 amide bonds. The van der Waals surface area contributed by atoms with Crippen LogP contribution in [-0.4, -0.2) is 42.7 Å². The molecule has 0 aromatic heterocycles. The van der Waals surface area contributed by atoms with E-state index in [2.05, 4.69) is 5.32 Å². The van der Waals surface area contributed by atoms with Gasteiger partial charge < -0.3 is 10.4 Å². The molecule has 0 spiro atoms. The molecule has 0 heterocycles. The van der Waals surface area contributed by atoms with Gasteiger partial charge in [-0.25, -0.2) is 8.42 Å². The van der Waals surface area contributed by atoms with Crippen LogP contribution in [0.3, 0.4) is 0 Å². The smallest absolute Gasteiger partial charge is 0.156 e. The fourth-order valence-electron chi connectivity index (χ4n) is 1.60. The van der Waals surface area contributed by atoms with E-state index >= 15 is 0 Å². The molecule has 0 aliphatic heterocycles. The summed E-state index contributed by atoms with van der Waals surface area (Å²) in [5.41, 5.74) is -0.578. The summed E-state index contributed by atoms with van der Waals surface area (Å²) in [5, 5.41) is 12.8. The minimum Gasteiger partial charge on any atom is -0.389 e. The molecule has 0 bridgehead atoms. The Balaban J connectivity index is 2.26. The van der Waals surface area contributed by atoms with Crippen molar-refractivity contribution in [2.45, 2.75) is 50.4 Å². The first kappa shape index (κ1) is 13.9. The van der Waals surface area contributed by atoms with Crippen LogP contribution in [0, 0.1) is 0 Å². The summed E-state index contributed by atoms with van der Waals surface area (Å²) in [6.07, 6.45) is 2.72. The molecule has 5 heteroatoms. The van der Waals surface area contributed by atoms with E-state index in [1.165, 1.54) is 0 Å². The molecule has 0 radical (unpaired) electrons. The van der Waals surface area contributed by atoms with Gasteiger partial charge in [-0.2, -0.15) is 0 Å². The lowest BCUT2D eigenvalue weighted by Crippen LogP contribution is -2.47. The second kappa shape index (κ2) is 4.63. The fraction of sp³-hybridized carbons (Fsp3) is 1.00. The quantitative estimate of drug-likeness (QED) is 0.704. The van der Waals surface area contributed by atoms with E-state index in [0.29, 0.717) is 13.1 Å². The Bertz CT molecular complexity index is 326. The monoisotopic (exact) mass is 249 g/mol. The summed E-state index contributed by atoms with van der Waals surface area (Å²) < 4.78 is 22.8. The summed E-state index contributed by atoms with van der Waals surface area (Å²) >= 11 is 0. The Morgan fingerprint density at radius 2 is 1.88 bits per heavy atom. The first-order valence-electron chi connectivity index (χ1n) is 5.82. The Kier molecular flexibility index (Phi) is 4.03. The minimum atomic E-state index is -3.05. The lowest BCUT2D eigenvalue weighted by Gasteiger charge is -2.36. The Hall–Kier alpha value is -0.130. The number of aliphatic hydroxyl groups is 1. The van der Waals surface area contributed by atoms with Gasteiger partial charge in [0.25, 0.3) is 0 Å². The number of hydrogen-bond donors (Lipinski definition) is 2. The zero-order valence-corrected chi connectivity index (χ0v) is 11.2. The van der Waals surface area contributed by atoms with Gasteiger partial charge in [0.2, 0.25) is 0 Å². The van der Waals surface area contributed by atoms with Crippen molar-refractivity contribution in [2.24, 2.45) is 0 Å². The topological polar surface area (TPSA) is 66.4 Å². The normalized spacial score (nSPS) is 20.5. The van der Waals surface area contributed by atoms with E-state index in [0.717, 1.165) is 19.3 Å². The highest BCUT2D eigenvalue weighted by molar-refractivity contribution is 7.92. The molecule has 1 rings (SSSR count). The largest absolute Gasteiger partial charge is 0.389 e. The molecule has 1 aliphatic carbocycles. The predicted molar refractivity (Wildman–Crippen MR) is 65.2 cm³/mol. The van der Waals surface area contributed by atoms with Gasteiger partial charge in [0.05, 0.1) is 16.1 Å². The fourth-order valence-corrected chi connectivity index (χ4v) is 2.62. The summed E-state index contributed by atoms with van der Waals surface area (Å²) in [5.74, 6) is 0.132. The Morgan fingerprint density at radius 3 is 2.25 bits per heavy atom. The second-order valence-electron chi connectivity index (χ2n) is 5.69. The molecule has 1 fully saturated rings. The maximum atomic E-state index is 11.8. The maximum Gasteiger partial charge on any atom is 0.156 e. The minimum absolute atomic E-state index is 0.132. The van der Waals surface area contributed by atoms with Crippen molar-refractivity contribution in [1.82, 2.24) is 5.32 Å². The first-order valence-corrected chi connectivity index (χ1v) is 7.47. The SMILES string of the molecule is CC(C)(C)S(=O)(=O)CCNCC1(O)CCC1. The average Bonchev–Trinajstić information content (AvgIpc) is 2.07. The third kappa shape index (κ3) is 3.43. The lowest BCUT2D eigenvalue weighted by atomic mass is 9.80. The van der Waals surface area contributed by atoms with Crippen molar-refractivity contribution in [2.75, 3.05) is 18.8 Å². The van der Waals surface area contributed by atoms with Crippen LogP contribution in [0.15, 0.2) is 0 Å². The van der Waals surface area contributed by atoms with Gasteiger partial charge in [0, 0.05) is 13.1 Å². The summed E-state index contributed by atoms with van der Waals surface area (Å²) in [7, 11) is -3.05. The first-order chi connectivity index (χ1) is 7.16. The zero-order valence-electron chi connectivity index (χ0n) is 10.4. The molecule has 96 valence electrons. The van der Waals surface area contributed by atoms with Gasteiger partial charge in [-0.3, -0.25) is 0 Å². The molecule has 2 N–H and O–H groups in total. The Labute approximate surface area is 98.4 Å². The van der Waals surface area contributed by atoms with Crippen LogP contribution in [0.5, 0.6) is 0 Å². The van der Waals surface area contributed by atoms with Gasteiger partial charge in [-0.1, -0.05) is 0 Å². The average molecular weight is 249 g/mol. The summed E-state index contributed by atoms with van der Waals surface area (Å²) in [4.78, 5) is 0. The molecule has 4 nitrogen and oxygen atoms in total. The summed E-state index contributed by atoms with van der Waals surface area (Å²) in [6.45, 7) is 6.06. The van der Waals surface area contributed by atoms with Gasteiger partial charge in [-0.05, 0) is 40.0 Å². The standard InChI is InChI=1S/C11H23NO3S/c1-10(2,3)16(14,15)8-7-12-9-11(13)5-4-6-11/h12-13H,4-9H2,1-3H3. The Morgan fingerprint density at radius 1 is 1.31 bits per heavy atom. The maximum absolute atomic E-state index is 11.8. The molecule has 1 saturated carbocycles. The van der Waals surface area contributed by atoms with Crippen molar-refractivity contribution in [1.29, 1.82) is 0 Å². The molecule has 0 aromatic carbocycles. The molecule has 1 aliphatic rings. The van der Waals surface area contributed by atoms with Crippen molar-refractivity contribution in [3.05, 3.63) is 0 Å². The molecule has 0 aromatic rings. The van der Waals surface area contributed by atoms with Gasteiger partial charge in [0.15, 0.2) is 9.84 Å². The van der Waals surface area contributed by atoms with E-state index in [-0.39, 0.29) is 5.75 Å². The highest BCUT2D eigenvalue weighted by Crippen LogP contribution is 2.30. The number of hydrogen-bond acceptors (Lipinski definition) is 4. The van der Waals surface area contributed by atoms with Crippen molar-refractivity contribution >= 4 is 9.84 Å².